The predicted octanol–water partition coefficient (Wildman–Crippen LogP) is 11.2. The Morgan fingerprint density at radius 3 is 1.17 bits per heavy atom. The van der Waals surface area contributed by atoms with Gasteiger partial charge >= 0.3 is 0 Å². The van der Waals surface area contributed by atoms with Gasteiger partial charge in [0.1, 0.15) is 73.2 Å². The molecule has 0 radical (unpaired) electrons. The van der Waals surface area contributed by atoms with Crippen molar-refractivity contribution in [2.24, 2.45) is 0 Å². The average molecular weight is 1360 g/mol. The molecule has 3 aliphatic rings. The van der Waals surface area contributed by atoms with E-state index in [0.29, 0.717) is 12.8 Å². The van der Waals surface area contributed by atoms with Crippen LogP contribution in [0.3, 0.4) is 0 Å². The summed E-state index contributed by atoms with van der Waals surface area (Å²) in [5, 5.41) is 121. The summed E-state index contributed by atoms with van der Waals surface area (Å²) < 4.78 is 34.3. The first kappa shape index (κ1) is 86.9. The topological polar surface area (TPSA) is 307 Å². The molecular weight excluding hydrogens is 1230 g/mol. The Labute approximate surface area is 577 Å². The molecule has 19 nitrogen and oxygen atoms in total. The number of hydrogen-bond donors (Lipinski definition) is 12. The summed E-state index contributed by atoms with van der Waals surface area (Å²) in [5.41, 5.74) is 0. The molecule has 0 aliphatic carbocycles. The van der Waals surface area contributed by atoms with Gasteiger partial charge in [-0.2, -0.15) is 0 Å². The van der Waals surface area contributed by atoms with Gasteiger partial charge in [-0.25, -0.2) is 0 Å². The van der Waals surface area contributed by atoms with Gasteiger partial charge in [0.05, 0.1) is 38.6 Å². The molecule has 3 fully saturated rings. The van der Waals surface area contributed by atoms with E-state index in [4.69, 9.17) is 28.4 Å². The van der Waals surface area contributed by atoms with Crippen molar-refractivity contribution in [2.45, 2.75) is 356 Å². The van der Waals surface area contributed by atoms with E-state index in [2.05, 4.69) is 104 Å². The Kier molecular flexibility index (Phi) is 51.9. The molecular formula is C77H133NO18. The van der Waals surface area contributed by atoms with Gasteiger partial charge < -0.3 is 89.9 Å². The monoisotopic (exact) mass is 1360 g/mol. The Bertz CT molecular complexity index is 2110. The lowest BCUT2D eigenvalue weighted by Crippen LogP contribution is -2.66. The molecule has 96 heavy (non-hydrogen) atoms. The third-order valence-corrected chi connectivity index (χ3v) is 18.1. The molecule has 554 valence electrons. The first-order valence-corrected chi connectivity index (χ1v) is 37.5. The third-order valence-electron chi connectivity index (χ3n) is 18.1. The molecule has 3 rings (SSSR count). The van der Waals surface area contributed by atoms with Crippen molar-refractivity contribution in [2.75, 3.05) is 26.4 Å². The summed E-state index contributed by atoms with van der Waals surface area (Å²) in [6, 6.07) is -1.000. The van der Waals surface area contributed by atoms with E-state index in [9.17, 15) is 61.0 Å². The predicted molar refractivity (Wildman–Crippen MR) is 378 cm³/mol. The number of nitrogens with one attached hydrogen (secondary N) is 1. The van der Waals surface area contributed by atoms with Crippen molar-refractivity contribution in [1.82, 2.24) is 5.32 Å². The number of carbonyl (C=O) groups excluding carboxylic acids is 1. The number of allylic oxidation sites excluding steroid dienone is 15. The minimum atomic E-state index is -1.99. The van der Waals surface area contributed by atoms with Gasteiger partial charge in [-0.1, -0.05) is 252 Å². The van der Waals surface area contributed by atoms with Crippen LogP contribution in [-0.4, -0.2) is 193 Å². The summed E-state index contributed by atoms with van der Waals surface area (Å²) >= 11 is 0. The zero-order chi connectivity index (χ0) is 69.6. The normalized spacial score (nSPS) is 27.6. The lowest BCUT2D eigenvalue weighted by atomic mass is 9.96. The molecule has 0 spiro atoms. The minimum absolute atomic E-state index is 0.230. The van der Waals surface area contributed by atoms with Crippen molar-refractivity contribution in [1.29, 1.82) is 0 Å². The SMILES string of the molecule is CC/C=C\C/C=C\C/C=C\C/C=C\C/C=C\CCCCCCCCCCCCCCCCCCCCCC(=O)NC(COC1OC(CO)C(OC2OC(CO)C(OC3OC(CO)C(O)C(O)C3O)C(O)C2O)C(O)C1O)C(O)/C=C/CC/C=C/CC/C=C/CCCCCCCC. The molecule has 17 unspecified atom stereocenters. The molecule has 19 heteroatoms. The Balaban J connectivity index is 1.35. The summed E-state index contributed by atoms with van der Waals surface area (Å²) in [4.78, 5) is 13.4. The third kappa shape index (κ3) is 37.9. The zero-order valence-electron chi connectivity index (χ0n) is 58.8. The smallest absolute Gasteiger partial charge is 0.220 e. The van der Waals surface area contributed by atoms with Gasteiger partial charge in [-0.05, 0) is 89.9 Å². The van der Waals surface area contributed by atoms with E-state index in [1.165, 1.54) is 141 Å². The van der Waals surface area contributed by atoms with E-state index in [1.807, 2.05) is 6.08 Å². The van der Waals surface area contributed by atoms with Crippen LogP contribution in [0.5, 0.6) is 0 Å². The van der Waals surface area contributed by atoms with E-state index in [1.54, 1.807) is 6.08 Å². The summed E-state index contributed by atoms with van der Waals surface area (Å²) in [5.74, 6) is -0.290. The van der Waals surface area contributed by atoms with Crippen LogP contribution in [0, 0.1) is 0 Å². The maximum absolute atomic E-state index is 13.4. The van der Waals surface area contributed by atoms with E-state index in [0.717, 1.165) is 77.0 Å². The molecule has 0 aromatic heterocycles. The number of aliphatic hydroxyl groups is 11. The molecule has 17 atom stereocenters. The van der Waals surface area contributed by atoms with Crippen molar-refractivity contribution in [3.63, 3.8) is 0 Å². The van der Waals surface area contributed by atoms with Crippen LogP contribution < -0.4 is 5.32 Å². The van der Waals surface area contributed by atoms with Gasteiger partial charge in [0, 0.05) is 6.42 Å². The van der Waals surface area contributed by atoms with Crippen LogP contribution in [0.1, 0.15) is 251 Å². The molecule has 3 aliphatic heterocycles. The minimum Gasteiger partial charge on any atom is -0.394 e. The molecule has 3 heterocycles. The lowest BCUT2D eigenvalue weighted by Gasteiger charge is -2.48. The highest BCUT2D eigenvalue weighted by atomic mass is 16.8. The maximum atomic E-state index is 13.4. The van der Waals surface area contributed by atoms with Crippen molar-refractivity contribution >= 4 is 5.91 Å². The largest absolute Gasteiger partial charge is 0.394 e. The van der Waals surface area contributed by atoms with Gasteiger partial charge in [0.15, 0.2) is 18.9 Å². The maximum Gasteiger partial charge on any atom is 0.220 e. The van der Waals surface area contributed by atoms with Gasteiger partial charge in [-0.3, -0.25) is 4.79 Å². The summed E-state index contributed by atoms with van der Waals surface area (Å²) in [6.45, 7) is 1.58. The fraction of sp³-hybridized carbons (Fsp3) is 0.779. The molecule has 0 bridgehead atoms. The van der Waals surface area contributed by atoms with Crippen LogP contribution in [0.2, 0.25) is 0 Å². The zero-order valence-corrected chi connectivity index (χ0v) is 58.8. The fourth-order valence-corrected chi connectivity index (χ4v) is 12.1. The summed E-state index contributed by atoms with van der Waals surface area (Å²) in [7, 11) is 0. The van der Waals surface area contributed by atoms with Gasteiger partial charge in [0.25, 0.3) is 0 Å². The Morgan fingerprint density at radius 1 is 0.385 bits per heavy atom. The van der Waals surface area contributed by atoms with Gasteiger partial charge in [0.2, 0.25) is 5.91 Å². The highest BCUT2D eigenvalue weighted by molar-refractivity contribution is 5.76. The van der Waals surface area contributed by atoms with Crippen LogP contribution in [-0.2, 0) is 33.2 Å². The number of rotatable bonds is 57. The highest BCUT2D eigenvalue weighted by Gasteiger charge is 2.53. The second kappa shape index (κ2) is 57.3. The highest BCUT2D eigenvalue weighted by Crippen LogP contribution is 2.33. The first-order chi connectivity index (χ1) is 46.8. The number of ether oxygens (including phenoxy) is 6. The first-order valence-electron chi connectivity index (χ1n) is 37.5. The average Bonchev–Trinajstić information content (AvgIpc) is 0.798. The molecule has 0 aromatic carbocycles. The van der Waals surface area contributed by atoms with Crippen LogP contribution in [0.25, 0.3) is 0 Å². The Morgan fingerprint density at radius 2 is 0.729 bits per heavy atom. The van der Waals surface area contributed by atoms with Crippen molar-refractivity contribution in [3.05, 3.63) is 97.2 Å². The standard InChI is InChI=1S/C77H133NO18/c1-3-5-7-9-11-13-15-17-19-21-22-23-24-25-26-27-28-29-30-31-32-33-34-35-36-37-38-39-41-43-45-47-49-51-53-55-65(83)78-60(61(82)54-52-50-48-46-44-42-40-20-18-16-14-12-10-8-6-4-2)59-91-75-71(89)68(86)73(63(57-80)93-75)96-77-72(90)69(87)74(64(58-81)94-77)95-76-70(88)67(85)66(84)62(56-79)92-76/h5,7,11,13,17-20,22-23,25-26,44,46,52,54,60-64,66-77,79-82,84-90H,3-4,6,8-10,12,14-16,21,24,27-43,45,47-51,53,55-59H2,1-2H3,(H,78,83)/b7-5-,13-11-,19-17-,20-18+,23-22-,26-25-,46-44+,54-52+. The fourth-order valence-electron chi connectivity index (χ4n) is 12.1. The molecule has 3 saturated heterocycles. The number of aliphatic hydroxyl groups excluding tert-OH is 11. The molecule has 0 aromatic rings. The number of carbonyl (C=O) groups is 1. The molecule has 0 saturated carbocycles. The summed E-state index contributed by atoms with van der Waals surface area (Å²) in [6.07, 6.45) is 49.7. The quantitative estimate of drug-likeness (QED) is 0.0199. The lowest BCUT2D eigenvalue weighted by molar-refractivity contribution is -0.379. The van der Waals surface area contributed by atoms with E-state index in [-0.39, 0.29) is 18.9 Å². The van der Waals surface area contributed by atoms with Crippen molar-refractivity contribution < 1.29 is 89.4 Å². The van der Waals surface area contributed by atoms with Crippen molar-refractivity contribution in [3.8, 4) is 0 Å². The van der Waals surface area contributed by atoms with Crippen LogP contribution in [0.15, 0.2) is 97.2 Å². The number of unbranched alkanes of at least 4 members (excludes halogenated alkanes) is 27. The van der Waals surface area contributed by atoms with Gasteiger partial charge in [-0.15, -0.1) is 0 Å². The second-order valence-corrected chi connectivity index (χ2v) is 26.4. The van der Waals surface area contributed by atoms with Crippen LogP contribution >= 0.6 is 0 Å². The number of hydrogen-bond acceptors (Lipinski definition) is 18. The molecule has 1 amide bonds. The van der Waals surface area contributed by atoms with E-state index >= 15 is 0 Å². The second-order valence-electron chi connectivity index (χ2n) is 26.4. The van der Waals surface area contributed by atoms with E-state index < -0.39 is 124 Å². The number of amides is 1. The van der Waals surface area contributed by atoms with Crippen LogP contribution in [0.4, 0.5) is 0 Å². The Hall–Kier alpha value is -3.29. The molecule has 12 N–H and O–H groups in total.